The standard InChI is InChI=1S/C30H40N3O9P/c1-4-39-30(40-5-2)43(38,42-6-3)26(32-25(34)20-31-29(37)41-21-22-14-8-7-9-15-22)18-12-13-19-33-27(35)23-16-10-11-17-24(23)28(33)36/h7-11,14-17,26,30H,4-6,12-13,18-21H2,1-3H3,(H,31,37)(H,32,34)/t26-,43?/m1/s1. The van der Waals surface area contributed by atoms with Gasteiger partial charge in [0, 0.05) is 19.8 Å². The number of hydrogen-bond acceptors (Lipinski definition) is 9. The van der Waals surface area contributed by atoms with Crippen molar-refractivity contribution in [1.82, 2.24) is 15.5 Å². The highest BCUT2D eigenvalue weighted by Gasteiger charge is 2.44. The summed E-state index contributed by atoms with van der Waals surface area (Å²) in [7, 11) is -3.83. The molecule has 13 heteroatoms. The molecule has 0 bridgehead atoms. The number of unbranched alkanes of at least 4 members (excludes halogenated alkanes) is 1. The maximum absolute atomic E-state index is 14.3. The summed E-state index contributed by atoms with van der Waals surface area (Å²) in [5.74, 6) is -2.37. The van der Waals surface area contributed by atoms with E-state index in [0.717, 1.165) is 5.56 Å². The first-order valence-electron chi connectivity index (χ1n) is 14.4. The smallest absolute Gasteiger partial charge is 0.407 e. The molecule has 1 aliphatic heterocycles. The summed E-state index contributed by atoms with van der Waals surface area (Å²) < 4.78 is 36.5. The zero-order valence-corrected chi connectivity index (χ0v) is 25.7. The number of nitrogens with zero attached hydrogens (tertiary/aromatic N) is 1. The minimum absolute atomic E-state index is 0.0357. The first kappa shape index (κ1) is 33.9. The Morgan fingerprint density at radius 1 is 0.860 bits per heavy atom. The average molecular weight is 618 g/mol. The summed E-state index contributed by atoms with van der Waals surface area (Å²) in [6.07, 6.45) is 0.155. The number of benzene rings is 2. The van der Waals surface area contributed by atoms with Gasteiger partial charge in [-0.2, -0.15) is 0 Å². The lowest BCUT2D eigenvalue weighted by Crippen LogP contribution is -2.44. The van der Waals surface area contributed by atoms with E-state index < -0.39 is 37.7 Å². The van der Waals surface area contributed by atoms with Gasteiger partial charge in [0.05, 0.1) is 17.7 Å². The molecule has 0 saturated carbocycles. The molecule has 4 amide bonds. The van der Waals surface area contributed by atoms with Gasteiger partial charge in [-0.25, -0.2) is 4.79 Å². The van der Waals surface area contributed by atoms with E-state index in [9.17, 15) is 23.7 Å². The van der Waals surface area contributed by atoms with Crippen molar-refractivity contribution >= 4 is 31.2 Å². The van der Waals surface area contributed by atoms with E-state index in [1.807, 2.05) is 18.2 Å². The molecular weight excluding hydrogens is 577 g/mol. The highest BCUT2D eigenvalue weighted by Crippen LogP contribution is 2.57. The Hall–Kier alpha value is -3.57. The summed E-state index contributed by atoms with van der Waals surface area (Å²) >= 11 is 0. The van der Waals surface area contributed by atoms with Crippen LogP contribution in [0.15, 0.2) is 54.6 Å². The van der Waals surface area contributed by atoms with Crippen molar-refractivity contribution < 1.29 is 42.5 Å². The highest BCUT2D eigenvalue weighted by atomic mass is 31.2. The molecule has 0 fully saturated rings. The summed E-state index contributed by atoms with van der Waals surface area (Å²) in [5.41, 5.74) is 1.52. The van der Waals surface area contributed by atoms with E-state index in [1.165, 1.54) is 4.90 Å². The molecule has 2 atom stereocenters. The molecule has 0 saturated heterocycles. The van der Waals surface area contributed by atoms with Gasteiger partial charge in [0.2, 0.25) is 11.9 Å². The van der Waals surface area contributed by atoms with E-state index in [-0.39, 0.29) is 51.2 Å². The minimum Gasteiger partial charge on any atom is -0.445 e. The van der Waals surface area contributed by atoms with Gasteiger partial charge in [-0.05, 0) is 57.7 Å². The molecule has 1 aliphatic rings. The number of hydrogen-bond donors (Lipinski definition) is 2. The van der Waals surface area contributed by atoms with Crippen molar-refractivity contribution in [3.8, 4) is 0 Å². The van der Waals surface area contributed by atoms with Gasteiger partial charge in [-0.15, -0.1) is 0 Å². The van der Waals surface area contributed by atoms with Crippen LogP contribution in [0.5, 0.6) is 0 Å². The lowest BCUT2D eigenvalue weighted by molar-refractivity contribution is -0.120. The van der Waals surface area contributed by atoms with Crippen molar-refractivity contribution in [1.29, 1.82) is 0 Å². The van der Waals surface area contributed by atoms with Gasteiger partial charge in [-0.1, -0.05) is 42.5 Å². The van der Waals surface area contributed by atoms with Crippen molar-refractivity contribution in [2.24, 2.45) is 0 Å². The Labute approximate surface area is 251 Å². The minimum atomic E-state index is -3.83. The van der Waals surface area contributed by atoms with Crippen LogP contribution in [0.3, 0.4) is 0 Å². The predicted molar refractivity (Wildman–Crippen MR) is 158 cm³/mol. The number of nitrogens with one attached hydrogen (secondary N) is 2. The van der Waals surface area contributed by atoms with Gasteiger partial charge in [0.15, 0.2) is 0 Å². The van der Waals surface area contributed by atoms with Gasteiger partial charge in [0.1, 0.15) is 18.9 Å². The SMILES string of the molecule is CCOC(OCC)P(=O)(OCC)[C@H](CCCCN1C(=O)c2ccccc2C1=O)NC(=O)CNC(=O)OCc1ccccc1. The number of carbonyl (C=O) groups is 4. The van der Waals surface area contributed by atoms with Crippen LogP contribution in [0.25, 0.3) is 0 Å². The Morgan fingerprint density at radius 2 is 1.47 bits per heavy atom. The number of rotatable bonds is 18. The van der Waals surface area contributed by atoms with Gasteiger partial charge >= 0.3 is 6.09 Å². The third kappa shape index (κ3) is 9.21. The van der Waals surface area contributed by atoms with Crippen LogP contribution in [0.2, 0.25) is 0 Å². The third-order valence-corrected chi connectivity index (χ3v) is 9.40. The van der Waals surface area contributed by atoms with E-state index in [4.69, 9.17) is 18.7 Å². The molecule has 0 aliphatic carbocycles. The molecule has 0 spiro atoms. The fourth-order valence-corrected chi connectivity index (χ4v) is 7.18. The highest BCUT2D eigenvalue weighted by molar-refractivity contribution is 7.60. The fraction of sp³-hybridized carbons (Fsp3) is 0.467. The second kappa shape index (κ2) is 16.9. The average Bonchev–Trinajstić information content (AvgIpc) is 3.25. The fourth-order valence-electron chi connectivity index (χ4n) is 4.60. The summed E-state index contributed by atoms with van der Waals surface area (Å²) in [6, 6.07) is 14.5. The summed E-state index contributed by atoms with van der Waals surface area (Å²) in [5, 5.41) is 5.12. The van der Waals surface area contributed by atoms with Crippen molar-refractivity contribution in [2.75, 3.05) is 32.9 Å². The zero-order valence-electron chi connectivity index (χ0n) is 24.8. The van der Waals surface area contributed by atoms with Crippen LogP contribution in [0.4, 0.5) is 4.79 Å². The second-order valence-corrected chi connectivity index (χ2v) is 12.2. The molecule has 1 unspecified atom stereocenters. The quantitative estimate of drug-likeness (QED) is 0.107. The van der Waals surface area contributed by atoms with E-state index in [1.54, 1.807) is 57.2 Å². The Morgan fingerprint density at radius 3 is 2.05 bits per heavy atom. The van der Waals surface area contributed by atoms with Crippen LogP contribution in [0, 0.1) is 0 Å². The zero-order chi connectivity index (χ0) is 31.2. The molecule has 0 aromatic heterocycles. The van der Waals surface area contributed by atoms with E-state index in [0.29, 0.717) is 24.0 Å². The topological polar surface area (TPSA) is 150 Å². The van der Waals surface area contributed by atoms with E-state index >= 15 is 0 Å². The molecular formula is C30H40N3O9P. The maximum atomic E-state index is 14.3. The van der Waals surface area contributed by atoms with Crippen LogP contribution >= 0.6 is 7.37 Å². The largest absolute Gasteiger partial charge is 0.445 e. The lowest BCUT2D eigenvalue weighted by atomic mass is 10.1. The van der Waals surface area contributed by atoms with E-state index in [2.05, 4.69) is 10.6 Å². The Balaban J connectivity index is 1.64. The molecule has 2 aromatic carbocycles. The number of carbonyl (C=O) groups excluding carboxylic acids is 4. The van der Waals surface area contributed by atoms with Crippen LogP contribution in [-0.2, 0) is 34.7 Å². The lowest BCUT2D eigenvalue weighted by Gasteiger charge is -2.33. The molecule has 12 nitrogen and oxygen atoms in total. The monoisotopic (exact) mass is 617 g/mol. The number of amides is 4. The molecule has 0 radical (unpaired) electrons. The van der Waals surface area contributed by atoms with Gasteiger partial charge < -0.3 is 29.4 Å². The molecule has 3 rings (SSSR count). The summed E-state index contributed by atoms with van der Waals surface area (Å²) in [6.45, 7) is 5.33. The predicted octanol–water partition coefficient (Wildman–Crippen LogP) is 4.49. The Kier molecular flexibility index (Phi) is 13.3. The van der Waals surface area contributed by atoms with Crippen molar-refractivity contribution in [3.05, 3.63) is 71.3 Å². The molecule has 2 aromatic rings. The number of alkyl carbamates (subject to hydrolysis) is 1. The molecule has 2 N–H and O–H groups in total. The normalized spacial score (nSPS) is 14.7. The number of fused-ring (bicyclic) bond motifs is 1. The number of ether oxygens (including phenoxy) is 3. The van der Waals surface area contributed by atoms with Crippen LogP contribution < -0.4 is 10.6 Å². The summed E-state index contributed by atoms with van der Waals surface area (Å²) in [4.78, 5) is 51.7. The van der Waals surface area contributed by atoms with Gasteiger partial charge in [-0.3, -0.25) is 23.8 Å². The first-order valence-corrected chi connectivity index (χ1v) is 16.2. The van der Waals surface area contributed by atoms with Crippen molar-refractivity contribution in [2.45, 2.75) is 58.5 Å². The first-order chi connectivity index (χ1) is 20.7. The molecule has 1 heterocycles. The molecule has 234 valence electrons. The molecule has 43 heavy (non-hydrogen) atoms. The third-order valence-electron chi connectivity index (χ3n) is 6.60. The second-order valence-electron chi connectivity index (χ2n) is 9.58. The maximum Gasteiger partial charge on any atom is 0.407 e. The Bertz CT molecular complexity index is 1250. The number of imide groups is 1. The van der Waals surface area contributed by atoms with Crippen LogP contribution in [-0.4, -0.2) is 73.4 Å². The van der Waals surface area contributed by atoms with Crippen molar-refractivity contribution in [3.63, 3.8) is 0 Å². The van der Waals surface area contributed by atoms with Crippen LogP contribution in [0.1, 0.15) is 66.3 Å². The van der Waals surface area contributed by atoms with Gasteiger partial charge in [0.25, 0.3) is 19.2 Å².